The average Bonchev–Trinajstić information content (AvgIpc) is 2.34. The summed E-state index contributed by atoms with van der Waals surface area (Å²) in [6.07, 6.45) is 1.33. The van der Waals surface area contributed by atoms with Crippen LogP contribution in [0.15, 0.2) is 23.4 Å². The Morgan fingerprint density at radius 1 is 1.26 bits per heavy atom. The standard InChI is InChI=1S/C11H11Cl2N5S/c1-2-19-9-7(12)3-6(4-8(9)13)17-11-16-5-15-10(14)18-11/h3-5H,2H2,1H3,(H3,14,15,16,17,18). The Hall–Kier alpha value is -1.24. The number of rotatable bonds is 4. The van der Waals surface area contributed by atoms with Gasteiger partial charge >= 0.3 is 0 Å². The Balaban J connectivity index is 2.27. The van der Waals surface area contributed by atoms with E-state index in [-0.39, 0.29) is 5.95 Å². The molecule has 2 rings (SSSR count). The zero-order valence-corrected chi connectivity index (χ0v) is 12.4. The lowest BCUT2D eigenvalue weighted by Crippen LogP contribution is -2.02. The number of hydrogen-bond acceptors (Lipinski definition) is 6. The second-order valence-corrected chi connectivity index (χ2v) is 5.58. The predicted octanol–water partition coefficient (Wildman–Crippen LogP) is 3.62. The van der Waals surface area contributed by atoms with Crippen LogP contribution < -0.4 is 11.1 Å². The molecule has 8 heteroatoms. The van der Waals surface area contributed by atoms with Gasteiger partial charge in [0.25, 0.3) is 0 Å². The van der Waals surface area contributed by atoms with Crippen molar-refractivity contribution in [1.29, 1.82) is 0 Å². The SMILES string of the molecule is CCSc1c(Cl)cc(Nc2ncnc(N)n2)cc1Cl. The molecule has 0 aliphatic rings. The van der Waals surface area contributed by atoms with Crippen molar-refractivity contribution >= 4 is 52.5 Å². The minimum atomic E-state index is 0.146. The zero-order chi connectivity index (χ0) is 13.8. The molecule has 1 heterocycles. The minimum absolute atomic E-state index is 0.146. The van der Waals surface area contributed by atoms with Crippen LogP contribution in [0.1, 0.15) is 6.92 Å². The van der Waals surface area contributed by atoms with E-state index in [9.17, 15) is 0 Å². The molecule has 1 aromatic carbocycles. The summed E-state index contributed by atoms with van der Waals surface area (Å²) in [4.78, 5) is 12.5. The molecule has 0 unspecified atom stereocenters. The summed E-state index contributed by atoms with van der Waals surface area (Å²) in [7, 11) is 0. The maximum absolute atomic E-state index is 6.19. The van der Waals surface area contributed by atoms with Crippen molar-refractivity contribution in [3.05, 3.63) is 28.5 Å². The van der Waals surface area contributed by atoms with E-state index in [1.165, 1.54) is 6.33 Å². The van der Waals surface area contributed by atoms with Crippen LogP contribution in [0, 0.1) is 0 Å². The van der Waals surface area contributed by atoms with Gasteiger partial charge < -0.3 is 11.1 Å². The Bertz CT molecular complexity index is 570. The Morgan fingerprint density at radius 3 is 2.53 bits per heavy atom. The van der Waals surface area contributed by atoms with E-state index in [0.717, 1.165) is 10.6 Å². The summed E-state index contributed by atoms with van der Waals surface area (Å²) in [5.74, 6) is 1.39. The van der Waals surface area contributed by atoms with E-state index in [0.29, 0.717) is 21.7 Å². The van der Waals surface area contributed by atoms with Crippen molar-refractivity contribution in [2.24, 2.45) is 0 Å². The topological polar surface area (TPSA) is 76.7 Å². The van der Waals surface area contributed by atoms with Crippen LogP contribution in [-0.4, -0.2) is 20.7 Å². The summed E-state index contributed by atoms with van der Waals surface area (Å²) in [5, 5.41) is 4.15. The first-order valence-corrected chi connectivity index (χ1v) is 7.17. The highest BCUT2D eigenvalue weighted by molar-refractivity contribution is 7.99. The Labute approximate surface area is 124 Å². The molecule has 100 valence electrons. The summed E-state index contributed by atoms with van der Waals surface area (Å²) >= 11 is 14.0. The lowest BCUT2D eigenvalue weighted by Gasteiger charge is -2.10. The number of thioether (sulfide) groups is 1. The molecular formula is C11H11Cl2N5S. The Kier molecular flexibility index (Phi) is 4.68. The largest absolute Gasteiger partial charge is 0.368 e. The predicted molar refractivity (Wildman–Crippen MR) is 80.4 cm³/mol. The molecule has 0 fully saturated rings. The number of anilines is 3. The summed E-state index contributed by atoms with van der Waals surface area (Å²) in [5.41, 5.74) is 6.17. The average molecular weight is 316 g/mol. The fourth-order valence-corrected chi connectivity index (χ4v) is 2.91. The lowest BCUT2D eigenvalue weighted by atomic mass is 10.3. The van der Waals surface area contributed by atoms with Gasteiger partial charge in [0.2, 0.25) is 11.9 Å². The van der Waals surface area contributed by atoms with Crippen LogP contribution in [0.4, 0.5) is 17.6 Å². The highest BCUT2D eigenvalue weighted by Gasteiger charge is 2.09. The molecule has 19 heavy (non-hydrogen) atoms. The van der Waals surface area contributed by atoms with E-state index in [1.54, 1.807) is 23.9 Å². The smallest absolute Gasteiger partial charge is 0.231 e. The monoisotopic (exact) mass is 315 g/mol. The molecule has 0 atom stereocenters. The third kappa shape index (κ3) is 3.62. The number of hydrogen-bond donors (Lipinski definition) is 2. The molecule has 0 spiro atoms. The maximum Gasteiger partial charge on any atom is 0.231 e. The van der Waals surface area contributed by atoms with Gasteiger partial charge in [0.1, 0.15) is 6.33 Å². The second-order valence-electron chi connectivity index (χ2n) is 3.49. The van der Waals surface area contributed by atoms with Gasteiger partial charge in [-0.25, -0.2) is 9.97 Å². The molecule has 0 saturated carbocycles. The molecule has 0 aliphatic heterocycles. The van der Waals surface area contributed by atoms with Gasteiger partial charge in [-0.2, -0.15) is 4.98 Å². The van der Waals surface area contributed by atoms with Crippen molar-refractivity contribution in [3.8, 4) is 0 Å². The van der Waals surface area contributed by atoms with Crippen molar-refractivity contribution < 1.29 is 0 Å². The number of nitrogens with zero attached hydrogens (tertiary/aromatic N) is 3. The number of aromatic nitrogens is 3. The summed E-state index contributed by atoms with van der Waals surface area (Å²) in [6, 6.07) is 3.54. The van der Waals surface area contributed by atoms with Gasteiger partial charge in [-0.05, 0) is 17.9 Å². The first kappa shape index (κ1) is 14.2. The molecule has 5 nitrogen and oxygen atoms in total. The van der Waals surface area contributed by atoms with Gasteiger partial charge in [-0.3, -0.25) is 0 Å². The van der Waals surface area contributed by atoms with Gasteiger partial charge in [-0.15, -0.1) is 11.8 Å². The fraction of sp³-hybridized carbons (Fsp3) is 0.182. The molecule has 0 bridgehead atoms. The normalized spacial score (nSPS) is 10.5. The van der Waals surface area contributed by atoms with Crippen LogP contribution in [0.5, 0.6) is 0 Å². The summed E-state index contributed by atoms with van der Waals surface area (Å²) < 4.78 is 0. The number of benzene rings is 1. The van der Waals surface area contributed by atoms with Crippen LogP contribution in [0.2, 0.25) is 10.0 Å². The first-order valence-electron chi connectivity index (χ1n) is 5.43. The lowest BCUT2D eigenvalue weighted by molar-refractivity contribution is 1.07. The maximum atomic E-state index is 6.19. The van der Waals surface area contributed by atoms with E-state index in [1.807, 2.05) is 6.92 Å². The molecule has 2 aromatic rings. The quantitative estimate of drug-likeness (QED) is 0.839. The van der Waals surface area contributed by atoms with Gasteiger partial charge in [-0.1, -0.05) is 30.1 Å². The third-order valence-corrected chi connectivity index (χ3v) is 3.97. The molecule has 0 amide bonds. The van der Waals surface area contributed by atoms with Crippen molar-refractivity contribution in [2.75, 3.05) is 16.8 Å². The highest BCUT2D eigenvalue weighted by Crippen LogP contribution is 2.37. The van der Waals surface area contributed by atoms with Crippen LogP contribution in [0.25, 0.3) is 0 Å². The number of nitrogens with one attached hydrogen (secondary N) is 1. The first-order chi connectivity index (χ1) is 9.10. The number of nitrogen functional groups attached to an aromatic ring is 1. The van der Waals surface area contributed by atoms with E-state index in [4.69, 9.17) is 28.9 Å². The van der Waals surface area contributed by atoms with Gasteiger partial charge in [0, 0.05) is 10.6 Å². The molecule has 3 N–H and O–H groups in total. The molecular weight excluding hydrogens is 305 g/mol. The third-order valence-electron chi connectivity index (χ3n) is 2.13. The van der Waals surface area contributed by atoms with Gasteiger partial charge in [0.15, 0.2) is 0 Å². The minimum Gasteiger partial charge on any atom is -0.368 e. The molecule has 0 radical (unpaired) electrons. The highest BCUT2D eigenvalue weighted by atomic mass is 35.5. The van der Waals surface area contributed by atoms with Crippen molar-refractivity contribution in [1.82, 2.24) is 15.0 Å². The molecule has 1 aromatic heterocycles. The van der Waals surface area contributed by atoms with Crippen LogP contribution in [0.3, 0.4) is 0 Å². The molecule has 0 saturated heterocycles. The van der Waals surface area contributed by atoms with Crippen LogP contribution in [-0.2, 0) is 0 Å². The number of nitrogens with two attached hydrogens (primary N) is 1. The Morgan fingerprint density at radius 2 is 1.95 bits per heavy atom. The van der Waals surface area contributed by atoms with Crippen molar-refractivity contribution in [3.63, 3.8) is 0 Å². The van der Waals surface area contributed by atoms with E-state index in [2.05, 4.69) is 20.3 Å². The number of halogens is 2. The van der Waals surface area contributed by atoms with Crippen LogP contribution >= 0.6 is 35.0 Å². The van der Waals surface area contributed by atoms with Gasteiger partial charge in [0.05, 0.1) is 10.0 Å². The molecule has 0 aliphatic carbocycles. The summed E-state index contributed by atoms with van der Waals surface area (Å²) in [6.45, 7) is 2.04. The fourth-order valence-electron chi connectivity index (χ4n) is 1.41. The second kappa shape index (κ2) is 6.27. The van der Waals surface area contributed by atoms with E-state index < -0.39 is 0 Å². The van der Waals surface area contributed by atoms with Crippen molar-refractivity contribution in [2.45, 2.75) is 11.8 Å². The van der Waals surface area contributed by atoms with E-state index >= 15 is 0 Å². The zero-order valence-electron chi connectivity index (χ0n) is 10.0.